The number of amides is 1. The molecule has 1 spiro atoms. The number of hydrogen-bond acceptors (Lipinski definition) is 5. The number of anilines is 1. The van der Waals surface area contributed by atoms with E-state index in [2.05, 4.69) is 27.8 Å². The monoisotopic (exact) mass is 586 g/mol. The van der Waals surface area contributed by atoms with Gasteiger partial charge in [0.05, 0.1) is 11.1 Å². The van der Waals surface area contributed by atoms with Crippen LogP contribution < -0.4 is 16.2 Å². The molecule has 0 radical (unpaired) electrons. The number of pyridine rings is 1. The molecule has 2 heterocycles. The molecule has 2 aromatic heterocycles. The third-order valence-electron chi connectivity index (χ3n) is 9.02. The van der Waals surface area contributed by atoms with Gasteiger partial charge in [-0.25, -0.2) is 4.39 Å². The number of halogens is 4. The van der Waals surface area contributed by atoms with Crippen LogP contribution in [0.15, 0.2) is 41.6 Å². The fraction of sp³-hybridized carbons (Fsp3) is 0.533. The van der Waals surface area contributed by atoms with Crippen molar-refractivity contribution in [2.24, 2.45) is 24.3 Å². The van der Waals surface area contributed by atoms with Gasteiger partial charge in [0.15, 0.2) is 0 Å². The third-order valence-corrected chi connectivity index (χ3v) is 9.02. The third kappa shape index (κ3) is 5.48. The fourth-order valence-electron chi connectivity index (χ4n) is 7.26. The van der Waals surface area contributed by atoms with Crippen molar-refractivity contribution in [3.63, 3.8) is 0 Å². The molecule has 224 valence electrons. The van der Waals surface area contributed by atoms with Gasteiger partial charge >= 0.3 is 6.18 Å². The van der Waals surface area contributed by atoms with Crippen molar-refractivity contribution in [1.82, 2.24) is 24.6 Å². The lowest BCUT2D eigenvalue weighted by Crippen LogP contribution is -2.57. The molecule has 8 nitrogen and oxygen atoms in total. The van der Waals surface area contributed by atoms with Gasteiger partial charge in [-0.3, -0.25) is 9.59 Å². The van der Waals surface area contributed by atoms with Gasteiger partial charge in [0, 0.05) is 19.8 Å². The van der Waals surface area contributed by atoms with Gasteiger partial charge in [-0.2, -0.15) is 13.2 Å². The molecule has 0 unspecified atom stereocenters. The average molecular weight is 587 g/mol. The number of nitrogens with one attached hydrogen (secondary N) is 2. The number of nitrogens with zero attached hydrogens (tertiary/aromatic N) is 4. The summed E-state index contributed by atoms with van der Waals surface area (Å²) in [5.41, 5.74) is -0.943. The lowest BCUT2D eigenvalue weighted by atomic mass is 9.41. The second-order valence-electron chi connectivity index (χ2n) is 12.7. The molecule has 3 aromatic rings. The van der Waals surface area contributed by atoms with Gasteiger partial charge in [-0.15, -0.1) is 10.2 Å². The molecule has 1 amide bonds. The number of hydrogen-bond donors (Lipinski definition) is 2. The second kappa shape index (κ2) is 10.3. The predicted molar refractivity (Wildman–Crippen MR) is 147 cm³/mol. The van der Waals surface area contributed by atoms with Crippen molar-refractivity contribution >= 4 is 11.6 Å². The highest BCUT2D eigenvalue weighted by Crippen LogP contribution is 2.68. The summed E-state index contributed by atoms with van der Waals surface area (Å²) in [5, 5.41) is 14.1. The van der Waals surface area contributed by atoms with Crippen molar-refractivity contribution in [3.05, 3.63) is 75.5 Å². The first-order chi connectivity index (χ1) is 19.9. The normalized spacial score (nSPS) is 25.2. The average Bonchev–Trinajstić information content (AvgIpc) is 3.60. The number of benzene rings is 1. The van der Waals surface area contributed by atoms with E-state index in [1.807, 2.05) is 11.6 Å². The summed E-state index contributed by atoms with van der Waals surface area (Å²) in [6.07, 6.45) is 4.10. The van der Waals surface area contributed by atoms with Gasteiger partial charge in [0.25, 0.3) is 11.5 Å². The lowest BCUT2D eigenvalue weighted by molar-refractivity contribution is -0.141. The zero-order chi connectivity index (χ0) is 29.9. The van der Waals surface area contributed by atoms with E-state index in [0.29, 0.717) is 28.5 Å². The van der Waals surface area contributed by atoms with Crippen LogP contribution in [0.25, 0.3) is 0 Å². The quantitative estimate of drug-likeness (QED) is 0.347. The zero-order valence-electron chi connectivity index (χ0n) is 23.6. The number of carbonyl (C=O) groups excluding carboxylic acids is 1. The molecule has 6 rings (SSSR count). The minimum absolute atomic E-state index is 0.152. The molecule has 3 saturated carbocycles. The molecule has 2 N–H and O–H groups in total. The van der Waals surface area contributed by atoms with Crippen LogP contribution in [0.4, 0.5) is 23.2 Å². The molecule has 0 aliphatic heterocycles. The van der Waals surface area contributed by atoms with Crippen molar-refractivity contribution in [1.29, 1.82) is 0 Å². The first-order valence-corrected chi connectivity index (χ1v) is 14.3. The van der Waals surface area contributed by atoms with Gasteiger partial charge in [0.2, 0.25) is 0 Å². The molecule has 3 fully saturated rings. The van der Waals surface area contributed by atoms with Crippen LogP contribution in [-0.4, -0.2) is 38.0 Å². The van der Waals surface area contributed by atoms with E-state index in [1.54, 1.807) is 18.5 Å². The molecule has 42 heavy (non-hydrogen) atoms. The lowest BCUT2D eigenvalue weighted by Gasteiger charge is -2.63. The molecule has 3 aliphatic carbocycles. The van der Waals surface area contributed by atoms with Crippen molar-refractivity contribution in [3.8, 4) is 0 Å². The molecule has 12 heteroatoms. The van der Waals surface area contributed by atoms with Crippen LogP contribution in [0.1, 0.15) is 72.8 Å². The number of alkyl halides is 3. The number of rotatable bonds is 9. The Morgan fingerprint density at radius 2 is 1.90 bits per heavy atom. The second-order valence-corrected chi connectivity index (χ2v) is 12.7. The Morgan fingerprint density at radius 1 is 1.17 bits per heavy atom. The topological polar surface area (TPSA) is 93.8 Å². The maximum atomic E-state index is 15.1. The Bertz CT molecular complexity index is 1560. The van der Waals surface area contributed by atoms with Crippen LogP contribution in [-0.2, 0) is 25.6 Å². The molecular formula is C30H34F4N6O2. The Hall–Kier alpha value is -3.54. The maximum Gasteiger partial charge on any atom is 0.406 e. The summed E-state index contributed by atoms with van der Waals surface area (Å²) in [7, 11) is 1.86. The minimum atomic E-state index is -4.66. The smallest absolute Gasteiger partial charge is 0.320 e. The highest BCUT2D eigenvalue weighted by atomic mass is 19.4. The van der Waals surface area contributed by atoms with Gasteiger partial charge in [-0.05, 0) is 91.6 Å². The fourth-order valence-corrected chi connectivity index (χ4v) is 7.26. The standard InChI is InChI=1S/C30H34F4N6O2/c1-18-9-28(10-18)14-29(15-28,27-38-36-17-39(27)2)21-5-6-23(31)24(8-21)37-25(41)22-7-20(12-35-11-19-3-4-19)13-40(26(22)42)16-30(32,33)34/h5-8,13,17-19,35H,3-4,9-12,14-16H2,1-2H3,(H,37,41). The largest absolute Gasteiger partial charge is 0.406 e. The Labute approximate surface area is 240 Å². The van der Waals surface area contributed by atoms with E-state index in [0.717, 1.165) is 56.1 Å². The van der Waals surface area contributed by atoms with E-state index in [-0.39, 0.29) is 17.6 Å². The highest BCUT2D eigenvalue weighted by molar-refractivity contribution is 6.04. The van der Waals surface area contributed by atoms with Gasteiger partial charge in [0.1, 0.15) is 30.1 Å². The van der Waals surface area contributed by atoms with Gasteiger partial charge < -0.3 is 19.8 Å². The summed E-state index contributed by atoms with van der Waals surface area (Å²) in [6.45, 7) is 1.58. The van der Waals surface area contributed by atoms with Crippen molar-refractivity contribution < 1.29 is 22.4 Å². The van der Waals surface area contributed by atoms with Crippen LogP contribution in [0, 0.1) is 23.1 Å². The van der Waals surface area contributed by atoms with Crippen LogP contribution >= 0.6 is 0 Å². The number of aromatic nitrogens is 4. The molecule has 3 aliphatic rings. The minimum Gasteiger partial charge on any atom is -0.320 e. The van der Waals surface area contributed by atoms with Crippen molar-refractivity contribution in [2.45, 2.75) is 70.1 Å². The summed E-state index contributed by atoms with van der Waals surface area (Å²) in [5.74, 6) is 0.239. The first-order valence-electron chi connectivity index (χ1n) is 14.3. The Kier molecular flexibility index (Phi) is 7.02. The van der Waals surface area contributed by atoms with E-state index >= 15 is 4.39 Å². The maximum absolute atomic E-state index is 15.1. The SMILES string of the molecule is CC1CC2(C1)CC(c1ccc(F)c(NC(=O)c3cc(CNCC4CC4)cn(CC(F)(F)F)c3=O)c1)(c1nncn1C)C2. The summed E-state index contributed by atoms with van der Waals surface area (Å²) in [6, 6.07) is 5.77. The predicted octanol–water partition coefficient (Wildman–Crippen LogP) is 4.93. The molecular weight excluding hydrogens is 552 g/mol. The van der Waals surface area contributed by atoms with Gasteiger partial charge in [-0.1, -0.05) is 13.0 Å². The Balaban J connectivity index is 1.30. The molecule has 0 atom stereocenters. The van der Waals surface area contributed by atoms with Crippen LogP contribution in [0.2, 0.25) is 0 Å². The zero-order valence-corrected chi connectivity index (χ0v) is 23.6. The van der Waals surface area contributed by atoms with Crippen molar-refractivity contribution in [2.75, 3.05) is 11.9 Å². The molecule has 0 saturated heterocycles. The highest BCUT2D eigenvalue weighted by Gasteiger charge is 2.62. The van der Waals surface area contributed by atoms with E-state index in [1.165, 1.54) is 12.1 Å². The van der Waals surface area contributed by atoms with Crippen LogP contribution in [0.5, 0.6) is 0 Å². The summed E-state index contributed by atoms with van der Waals surface area (Å²) < 4.78 is 57.2. The first kappa shape index (κ1) is 28.6. The number of carbonyl (C=O) groups is 1. The number of aryl methyl sites for hydroxylation is 1. The summed E-state index contributed by atoms with van der Waals surface area (Å²) in [4.78, 5) is 26.3. The molecule has 0 bridgehead atoms. The Morgan fingerprint density at radius 3 is 2.52 bits per heavy atom. The molecule has 1 aromatic carbocycles. The summed E-state index contributed by atoms with van der Waals surface area (Å²) >= 11 is 0. The van der Waals surface area contributed by atoms with E-state index in [4.69, 9.17) is 0 Å². The van der Waals surface area contributed by atoms with E-state index < -0.39 is 41.0 Å². The van der Waals surface area contributed by atoms with Crippen LogP contribution in [0.3, 0.4) is 0 Å². The van der Waals surface area contributed by atoms with E-state index in [9.17, 15) is 22.8 Å².